The van der Waals surface area contributed by atoms with Crippen LogP contribution in [0.4, 0.5) is 40.2 Å². The Kier molecular flexibility index (Phi) is 30.6. The van der Waals surface area contributed by atoms with Gasteiger partial charge in [0.25, 0.3) is 23.0 Å². The van der Waals surface area contributed by atoms with Crippen LogP contribution >= 0.6 is 180 Å². The van der Waals surface area contributed by atoms with Crippen molar-refractivity contribution in [3.05, 3.63) is 182 Å². The molecule has 450 valence electrons. The molecule has 3 amide bonds. The maximum atomic E-state index is 12.4. The van der Waals surface area contributed by atoms with E-state index in [1.807, 2.05) is 20.9 Å². The van der Waals surface area contributed by atoms with E-state index in [9.17, 15) is 19.2 Å². The third-order valence-corrected chi connectivity index (χ3v) is 14.6. The summed E-state index contributed by atoms with van der Waals surface area (Å²) in [7, 11) is 5.00. The van der Waals surface area contributed by atoms with E-state index in [-0.39, 0.29) is 66.4 Å². The summed E-state index contributed by atoms with van der Waals surface area (Å²) in [5.74, 6) is 0.591. The van der Waals surface area contributed by atoms with Crippen molar-refractivity contribution in [2.75, 3.05) is 53.0 Å². The highest BCUT2D eigenvalue weighted by molar-refractivity contribution is 9.11. The van der Waals surface area contributed by atoms with Gasteiger partial charge in [-0.2, -0.15) is 0 Å². The number of carbonyl (C=O) groups excluding carboxylic acids is 4. The molecule has 0 unspecified atom stereocenters. The van der Waals surface area contributed by atoms with Gasteiger partial charge in [0.15, 0.2) is 21.3 Å². The molecule has 8 aromatic heterocycles. The van der Waals surface area contributed by atoms with E-state index in [4.69, 9.17) is 122 Å². The minimum absolute atomic E-state index is 0. The smallest absolute Gasteiger partial charge is 0.259 e. The quantitative estimate of drug-likeness (QED) is 0.0667. The Morgan fingerprint density at radius 3 is 1.40 bits per heavy atom. The van der Waals surface area contributed by atoms with Gasteiger partial charge in [0, 0.05) is 56.8 Å². The van der Waals surface area contributed by atoms with Crippen molar-refractivity contribution in [2.45, 2.75) is 35.1 Å². The summed E-state index contributed by atoms with van der Waals surface area (Å²) >= 11 is 70.4. The van der Waals surface area contributed by atoms with Crippen molar-refractivity contribution in [1.82, 2.24) is 39.9 Å². The van der Waals surface area contributed by atoms with E-state index < -0.39 is 11.1 Å². The number of rotatable bonds is 6. The SMILES string of the molecule is C.CN.CNc1ncc(Br)cc1C(=O)Nc1c(C)cc(Cl)nc1Cl.Cc1cc(Cl)nc(Cl)c1N.Cc1cc(Cl)nc(Cl)c1NC(=O)c1cc(Br)cnc1Cl.Cc1cc(Cl)nc2c1NC(=O)c1cc(Br)cnc1N2C.O=C(Cl)c1cc(Br)cnc1Cl. The second kappa shape index (κ2) is 34.9. The molecule has 0 spiro atoms. The van der Waals surface area contributed by atoms with Gasteiger partial charge in [0.2, 0.25) is 0 Å². The normalized spacial score (nSPS) is 10.7. The average molecular weight is 1620 g/mol. The van der Waals surface area contributed by atoms with E-state index in [2.05, 4.69) is 131 Å². The summed E-state index contributed by atoms with van der Waals surface area (Å²) < 4.78 is 2.76. The van der Waals surface area contributed by atoms with Crippen LogP contribution in [-0.4, -0.2) is 84.0 Å². The summed E-state index contributed by atoms with van der Waals surface area (Å²) in [6.45, 7) is 7.25. The highest BCUT2D eigenvalue weighted by Crippen LogP contribution is 2.38. The number of nitrogens with zero attached hydrogens (tertiary/aromatic N) is 9. The van der Waals surface area contributed by atoms with Gasteiger partial charge >= 0.3 is 0 Å². The lowest BCUT2D eigenvalue weighted by Crippen LogP contribution is -2.16. The third kappa shape index (κ3) is 21.3. The molecule has 33 heteroatoms. The van der Waals surface area contributed by atoms with E-state index >= 15 is 0 Å². The highest BCUT2D eigenvalue weighted by Gasteiger charge is 2.27. The van der Waals surface area contributed by atoms with Crippen molar-refractivity contribution in [3.63, 3.8) is 0 Å². The Labute approximate surface area is 572 Å². The van der Waals surface area contributed by atoms with Gasteiger partial charge in [0.05, 0.1) is 45.0 Å². The standard InChI is InChI=1S/C13H11BrCl2N4O.C13H10BrClN4O.C12H7BrCl3N3O.C6H2BrCl2NO.C6H6Cl2N2.CH5N.CH4/c1-6-3-9(15)19-11(16)10(6)20-13(21)8-4-7(14)5-18-12(8)17-2;1-6-3-9(15)17-12-10(6)18-13(20)8-4-7(14)5-16-11(8)19(12)2;1-5-2-8(14)18-11(16)9(5)19-12(20)7-3-6(13)4-17-10(7)15;7-3-1-4(6(9)11)5(8)10-2-3;1-3-2-4(7)10-6(8)5(3)9;1-2;/h3-5H,1-2H3,(H,17,18)(H,20,21);3-5H,1-2H3,(H,18,20);2-4H,1H3,(H,19,20);1-2H;2H,9H2,1H3;2H2,1H3;1H4. The predicted molar refractivity (Wildman–Crippen MR) is 362 cm³/mol. The molecular weight excluding hydrogens is 1570 g/mol. The van der Waals surface area contributed by atoms with Gasteiger partial charge in [-0.25, -0.2) is 39.9 Å². The minimum Gasteiger partial charge on any atom is -0.396 e. The molecule has 8 N–H and O–H groups in total. The second-order valence-corrected chi connectivity index (χ2v) is 23.6. The zero-order chi connectivity index (χ0) is 63.0. The third-order valence-electron chi connectivity index (χ3n) is 10.5. The number of aromatic nitrogens is 8. The van der Waals surface area contributed by atoms with Crippen molar-refractivity contribution in [1.29, 1.82) is 0 Å². The number of fused-ring (bicyclic) bond motifs is 2. The monoisotopic (exact) mass is 1610 g/mol. The Hall–Kier alpha value is -4.54. The largest absolute Gasteiger partial charge is 0.396 e. The fraction of sp³-hybridized carbons (Fsp3) is 0.154. The first-order valence-electron chi connectivity index (χ1n) is 23.0. The van der Waals surface area contributed by atoms with Crippen molar-refractivity contribution in [3.8, 4) is 0 Å². The molecule has 0 saturated heterocycles. The predicted octanol–water partition coefficient (Wildman–Crippen LogP) is 17.8. The molecule has 0 fully saturated rings. The number of pyridine rings is 8. The molecule has 1 aliphatic heterocycles. The molecule has 8 aromatic rings. The summed E-state index contributed by atoms with van der Waals surface area (Å²) in [5.41, 5.74) is 16.4. The van der Waals surface area contributed by atoms with Crippen molar-refractivity contribution in [2.24, 2.45) is 5.73 Å². The lowest BCUT2D eigenvalue weighted by molar-refractivity contribution is 0.101. The Morgan fingerprint density at radius 1 is 0.529 bits per heavy atom. The number of hydrogen-bond donors (Lipinski definition) is 6. The van der Waals surface area contributed by atoms with E-state index in [1.165, 1.54) is 25.5 Å². The number of nitrogens with two attached hydrogens (primary N) is 2. The van der Waals surface area contributed by atoms with Crippen LogP contribution in [-0.2, 0) is 0 Å². The molecule has 9 heterocycles. The highest BCUT2D eigenvalue weighted by atomic mass is 79.9. The topological polar surface area (TPSA) is 275 Å². The van der Waals surface area contributed by atoms with E-state index in [1.54, 1.807) is 80.7 Å². The summed E-state index contributed by atoms with van der Waals surface area (Å²) in [4.78, 5) is 81.2. The number of anilines is 7. The fourth-order valence-corrected chi connectivity index (χ4v) is 10.4. The number of aryl methyl sites for hydroxylation is 4. The number of nitrogens with one attached hydrogen (secondary N) is 4. The molecule has 19 nitrogen and oxygen atoms in total. The van der Waals surface area contributed by atoms with Crippen LogP contribution in [0.25, 0.3) is 0 Å². The van der Waals surface area contributed by atoms with Gasteiger partial charge in [-0.15, -0.1) is 0 Å². The Balaban J connectivity index is 0.000000283. The first-order valence-corrected chi connectivity index (χ1v) is 29.9. The summed E-state index contributed by atoms with van der Waals surface area (Å²) in [6, 6.07) is 13.1. The summed E-state index contributed by atoms with van der Waals surface area (Å²) in [5, 5.41) is 12.5. The first kappa shape index (κ1) is 74.7. The molecule has 0 radical (unpaired) electrons. The fourth-order valence-electron chi connectivity index (χ4n) is 6.57. The molecule has 0 aliphatic carbocycles. The van der Waals surface area contributed by atoms with Crippen LogP contribution in [0.5, 0.6) is 0 Å². The lowest BCUT2D eigenvalue weighted by atomic mass is 10.2. The molecule has 0 aromatic carbocycles. The van der Waals surface area contributed by atoms with E-state index in [0.717, 1.165) is 21.2 Å². The second-order valence-electron chi connectivity index (χ2n) is 16.3. The number of carbonyl (C=O) groups is 4. The van der Waals surface area contributed by atoms with Gasteiger partial charge in [-0.05, 0) is 181 Å². The number of amides is 3. The van der Waals surface area contributed by atoms with Crippen LogP contribution < -0.4 is 37.6 Å². The van der Waals surface area contributed by atoms with Crippen molar-refractivity contribution < 1.29 is 19.2 Å². The number of halogens is 14. The lowest BCUT2D eigenvalue weighted by Gasteiger charge is -2.19. The maximum Gasteiger partial charge on any atom is 0.259 e. The van der Waals surface area contributed by atoms with Gasteiger partial charge in [-0.3, -0.25) is 19.2 Å². The zero-order valence-corrected chi connectivity index (χ0v) is 57.9. The van der Waals surface area contributed by atoms with Gasteiger partial charge in [-0.1, -0.05) is 112 Å². The number of hydrogen-bond acceptors (Lipinski definition) is 16. The van der Waals surface area contributed by atoms with Crippen LogP contribution in [0.15, 0.2) is 91.2 Å². The zero-order valence-electron chi connectivity index (χ0n) is 44.0. The molecule has 0 bridgehead atoms. The van der Waals surface area contributed by atoms with Gasteiger partial charge in [0.1, 0.15) is 42.6 Å². The minimum atomic E-state index is -0.608. The Bertz CT molecular complexity index is 3710. The van der Waals surface area contributed by atoms with Crippen LogP contribution in [0.1, 0.15) is 71.1 Å². The van der Waals surface area contributed by atoms with Gasteiger partial charge < -0.3 is 37.6 Å². The maximum absolute atomic E-state index is 12.4. The van der Waals surface area contributed by atoms with Crippen molar-refractivity contribution >= 4 is 243 Å². The molecule has 85 heavy (non-hydrogen) atoms. The van der Waals surface area contributed by atoms with Crippen LogP contribution in [0.3, 0.4) is 0 Å². The Morgan fingerprint density at radius 2 is 0.929 bits per heavy atom. The number of nitrogen functional groups attached to an aromatic ring is 1. The molecular formula is C52H45Br4Cl10N15O4. The molecule has 9 rings (SSSR count). The first-order chi connectivity index (χ1) is 39.5. The molecule has 1 aliphatic rings. The van der Waals surface area contributed by atoms with Crippen LogP contribution in [0.2, 0.25) is 46.4 Å². The average Bonchev–Trinajstić information content (AvgIpc) is 2.38. The molecule has 0 saturated carbocycles. The van der Waals surface area contributed by atoms with E-state index in [0.29, 0.717) is 80.6 Å². The molecule has 0 atom stereocenters. The summed E-state index contributed by atoms with van der Waals surface area (Å²) in [6.07, 6.45) is 6.24. The van der Waals surface area contributed by atoms with Crippen LogP contribution in [0, 0.1) is 27.7 Å².